The topological polar surface area (TPSA) is 112 Å². The van der Waals surface area contributed by atoms with Crippen molar-refractivity contribution < 1.29 is 9.59 Å². The summed E-state index contributed by atoms with van der Waals surface area (Å²) < 4.78 is 0. The van der Waals surface area contributed by atoms with Crippen LogP contribution in [0.5, 0.6) is 0 Å². The van der Waals surface area contributed by atoms with Crippen molar-refractivity contribution in [3.8, 4) is 0 Å². The van der Waals surface area contributed by atoms with Gasteiger partial charge in [-0.25, -0.2) is 0 Å². The van der Waals surface area contributed by atoms with Crippen molar-refractivity contribution >= 4 is 11.8 Å². The Balaban J connectivity index is 3.07. The molecular formula is C8H11N3O2. The predicted octanol–water partition coefficient (Wildman–Crippen LogP) is -1.60. The molecule has 0 saturated carbocycles. The van der Waals surface area contributed by atoms with Crippen LogP contribution in [0.15, 0.2) is 24.3 Å². The van der Waals surface area contributed by atoms with Gasteiger partial charge in [0, 0.05) is 0 Å². The van der Waals surface area contributed by atoms with E-state index in [9.17, 15) is 9.59 Å². The Bertz CT molecular complexity index is 309. The third kappa shape index (κ3) is 1.46. The number of primary amides is 2. The molecule has 1 aliphatic rings. The van der Waals surface area contributed by atoms with Crippen LogP contribution < -0.4 is 17.2 Å². The fourth-order valence-electron chi connectivity index (χ4n) is 1.22. The van der Waals surface area contributed by atoms with Gasteiger partial charge in [0.05, 0.1) is 5.92 Å². The van der Waals surface area contributed by atoms with Crippen LogP contribution in [0.2, 0.25) is 0 Å². The monoisotopic (exact) mass is 181 g/mol. The highest BCUT2D eigenvalue weighted by Crippen LogP contribution is 2.21. The lowest BCUT2D eigenvalue weighted by atomic mass is 9.80. The zero-order chi connectivity index (χ0) is 10.1. The Hall–Kier alpha value is -1.62. The molecule has 1 aliphatic carbocycles. The quantitative estimate of drug-likeness (QED) is 0.476. The van der Waals surface area contributed by atoms with Crippen molar-refractivity contribution in [2.75, 3.05) is 0 Å². The highest BCUT2D eigenvalue weighted by molar-refractivity contribution is 5.95. The molecule has 0 radical (unpaired) electrons. The molecule has 2 amide bonds. The second-order valence-electron chi connectivity index (χ2n) is 2.92. The van der Waals surface area contributed by atoms with Gasteiger partial charge in [0.25, 0.3) is 0 Å². The van der Waals surface area contributed by atoms with Crippen LogP contribution in [-0.2, 0) is 9.59 Å². The van der Waals surface area contributed by atoms with Gasteiger partial charge in [-0.2, -0.15) is 0 Å². The van der Waals surface area contributed by atoms with Gasteiger partial charge in [0.1, 0.15) is 5.54 Å². The molecule has 0 aromatic heterocycles. The number of hydrogen-bond acceptors (Lipinski definition) is 3. The van der Waals surface area contributed by atoms with E-state index in [1.807, 2.05) is 0 Å². The molecule has 13 heavy (non-hydrogen) atoms. The van der Waals surface area contributed by atoms with E-state index in [-0.39, 0.29) is 0 Å². The van der Waals surface area contributed by atoms with Crippen LogP contribution in [0.1, 0.15) is 0 Å². The van der Waals surface area contributed by atoms with E-state index in [0.717, 1.165) is 0 Å². The summed E-state index contributed by atoms with van der Waals surface area (Å²) in [6.07, 6.45) is 6.01. The fraction of sp³-hybridized carbons (Fsp3) is 0.250. The molecule has 0 heterocycles. The van der Waals surface area contributed by atoms with E-state index in [4.69, 9.17) is 17.2 Å². The maximum atomic E-state index is 11.0. The maximum absolute atomic E-state index is 11.0. The van der Waals surface area contributed by atoms with Crippen molar-refractivity contribution in [1.29, 1.82) is 0 Å². The van der Waals surface area contributed by atoms with Gasteiger partial charge < -0.3 is 17.2 Å². The van der Waals surface area contributed by atoms with Crippen molar-refractivity contribution in [3.63, 3.8) is 0 Å². The molecule has 0 fully saturated rings. The minimum atomic E-state index is -1.49. The molecule has 1 rings (SSSR count). The third-order valence-corrected chi connectivity index (χ3v) is 2.03. The third-order valence-electron chi connectivity index (χ3n) is 2.03. The van der Waals surface area contributed by atoms with Gasteiger partial charge >= 0.3 is 0 Å². The number of nitrogens with two attached hydrogens (primary N) is 3. The Morgan fingerprint density at radius 3 is 2.23 bits per heavy atom. The largest absolute Gasteiger partial charge is 0.369 e. The molecule has 2 atom stereocenters. The first-order valence-corrected chi connectivity index (χ1v) is 3.72. The van der Waals surface area contributed by atoms with E-state index in [2.05, 4.69) is 0 Å². The van der Waals surface area contributed by atoms with Gasteiger partial charge in [-0.15, -0.1) is 0 Å². The lowest BCUT2D eigenvalue weighted by molar-refractivity contribution is -0.129. The molecule has 0 spiro atoms. The molecule has 0 bridgehead atoms. The average Bonchev–Trinajstić information content (AvgIpc) is 2.04. The summed E-state index contributed by atoms with van der Waals surface area (Å²) in [5.74, 6) is -2.30. The van der Waals surface area contributed by atoms with Crippen LogP contribution in [-0.4, -0.2) is 17.4 Å². The summed E-state index contributed by atoms with van der Waals surface area (Å²) in [6.45, 7) is 0. The van der Waals surface area contributed by atoms with Crippen LogP contribution in [0.3, 0.4) is 0 Å². The lowest BCUT2D eigenvalue weighted by Crippen LogP contribution is -2.59. The first kappa shape index (κ1) is 9.47. The van der Waals surface area contributed by atoms with Gasteiger partial charge in [-0.1, -0.05) is 24.3 Å². The van der Waals surface area contributed by atoms with Crippen LogP contribution in [0, 0.1) is 5.92 Å². The minimum Gasteiger partial charge on any atom is -0.369 e. The fourth-order valence-corrected chi connectivity index (χ4v) is 1.22. The summed E-state index contributed by atoms with van der Waals surface area (Å²) in [5.41, 5.74) is 14.3. The molecule has 5 nitrogen and oxygen atoms in total. The minimum absolute atomic E-state index is 0.665. The predicted molar refractivity (Wildman–Crippen MR) is 47.1 cm³/mol. The second kappa shape index (κ2) is 3.02. The molecule has 6 N–H and O–H groups in total. The van der Waals surface area contributed by atoms with E-state index >= 15 is 0 Å². The van der Waals surface area contributed by atoms with Crippen molar-refractivity contribution in [2.45, 2.75) is 5.54 Å². The van der Waals surface area contributed by atoms with E-state index in [0.29, 0.717) is 0 Å². The summed E-state index contributed by atoms with van der Waals surface area (Å²) in [6, 6.07) is 0. The van der Waals surface area contributed by atoms with Crippen LogP contribution in [0.25, 0.3) is 0 Å². The van der Waals surface area contributed by atoms with E-state index in [1.54, 1.807) is 12.2 Å². The van der Waals surface area contributed by atoms with Crippen molar-refractivity contribution in [3.05, 3.63) is 24.3 Å². The summed E-state index contributed by atoms with van der Waals surface area (Å²) >= 11 is 0. The van der Waals surface area contributed by atoms with E-state index in [1.165, 1.54) is 12.2 Å². The zero-order valence-corrected chi connectivity index (χ0v) is 6.94. The molecule has 0 aromatic carbocycles. The first-order valence-electron chi connectivity index (χ1n) is 3.72. The molecular weight excluding hydrogens is 170 g/mol. The van der Waals surface area contributed by atoms with Gasteiger partial charge in [0.2, 0.25) is 11.8 Å². The molecule has 2 unspecified atom stereocenters. The van der Waals surface area contributed by atoms with Crippen LogP contribution in [0.4, 0.5) is 0 Å². The highest BCUT2D eigenvalue weighted by atomic mass is 16.2. The normalized spacial score (nSPS) is 31.6. The zero-order valence-electron chi connectivity index (χ0n) is 6.94. The lowest BCUT2D eigenvalue weighted by Gasteiger charge is -2.29. The highest BCUT2D eigenvalue weighted by Gasteiger charge is 2.41. The summed E-state index contributed by atoms with van der Waals surface area (Å²) in [5, 5.41) is 0. The standard InChI is InChI=1S/C8H11N3O2/c9-6(12)5-3-1-2-4-8(5,11)7(10)13/h1-5H,11H2,(H2,9,12)(H2,10,13). The Morgan fingerprint density at radius 1 is 1.23 bits per heavy atom. The molecule has 5 heteroatoms. The molecule has 70 valence electrons. The van der Waals surface area contributed by atoms with Crippen LogP contribution >= 0.6 is 0 Å². The number of allylic oxidation sites excluding steroid dienone is 2. The molecule has 0 aromatic rings. The number of amides is 2. The number of hydrogen-bond donors (Lipinski definition) is 3. The molecule has 0 aliphatic heterocycles. The Morgan fingerprint density at radius 2 is 1.85 bits per heavy atom. The van der Waals surface area contributed by atoms with E-state index < -0.39 is 23.3 Å². The molecule has 0 saturated heterocycles. The van der Waals surface area contributed by atoms with Gasteiger partial charge in [-0.3, -0.25) is 9.59 Å². The maximum Gasteiger partial charge on any atom is 0.242 e. The number of carbonyl (C=O) groups excluding carboxylic acids is 2. The number of rotatable bonds is 2. The average molecular weight is 181 g/mol. The SMILES string of the molecule is NC(=O)C1C=CC=CC1(N)C(N)=O. The smallest absolute Gasteiger partial charge is 0.242 e. The van der Waals surface area contributed by atoms with Crippen molar-refractivity contribution in [2.24, 2.45) is 23.1 Å². The summed E-state index contributed by atoms with van der Waals surface area (Å²) in [7, 11) is 0. The second-order valence-corrected chi connectivity index (χ2v) is 2.92. The first-order chi connectivity index (χ1) is 5.98. The summed E-state index contributed by atoms with van der Waals surface area (Å²) in [4.78, 5) is 21.9. The Kier molecular flexibility index (Phi) is 2.20. The Labute approximate surface area is 75.3 Å². The van der Waals surface area contributed by atoms with Crippen molar-refractivity contribution in [1.82, 2.24) is 0 Å². The van der Waals surface area contributed by atoms with Gasteiger partial charge in [-0.05, 0) is 0 Å². The van der Waals surface area contributed by atoms with Gasteiger partial charge in [0.15, 0.2) is 0 Å². The number of carbonyl (C=O) groups is 2.